The van der Waals surface area contributed by atoms with Gasteiger partial charge < -0.3 is 25.2 Å². The Morgan fingerprint density at radius 1 is 0.860 bits per heavy atom. The smallest absolute Gasteiger partial charge is 0.220 e. The molecule has 4 aromatic carbocycles. The molecule has 3 unspecified atom stereocenters. The summed E-state index contributed by atoms with van der Waals surface area (Å²) in [5, 5.41) is 15.4. The highest BCUT2D eigenvalue weighted by atomic mass is 32.2. The second kappa shape index (κ2) is 17.7. The van der Waals surface area contributed by atoms with Crippen molar-refractivity contribution in [1.29, 1.82) is 0 Å². The molecule has 5 aromatic rings. The minimum atomic E-state index is -0.562. The molecule has 1 aromatic heterocycles. The monoisotopic (exact) mass is 709 g/mol. The van der Waals surface area contributed by atoms with E-state index in [9.17, 15) is 14.7 Å². The number of nitrogens with one attached hydrogen (secondary N) is 2. The molecule has 1 aliphatic heterocycles. The summed E-state index contributed by atoms with van der Waals surface area (Å²) in [6.07, 6.45) is 2.93. The molecule has 260 valence electrons. The lowest BCUT2D eigenvalue weighted by Crippen LogP contribution is -2.31. The average Bonchev–Trinajstić information content (AvgIpc) is 3.58. The molecule has 6 rings (SSSR count). The van der Waals surface area contributed by atoms with Crippen molar-refractivity contribution in [2.45, 2.75) is 75.0 Å². The van der Waals surface area contributed by atoms with Crippen LogP contribution in [0.15, 0.2) is 101 Å². The molecule has 10 heteroatoms. The van der Waals surface area contributed by atoms with Gasteiger partial charge in [-0.05, 0) is 64.9 Å². The van der Waals surface area contributed by atoms with Crippen LogP contribution >= 0.6 is 23.1 Å². The van der Waals surface area contributed by atoms with Gasteiger partial charge in [-0.25, -0.2) is 4.98 Å². The minimum absolute atomic E-state index is 0.00145. The number of thioether (sulfide) groups is 1. The number of para-hydroxylation sites is 1. The predicted octanol–water partition coefficient (Wildman–Crippen LogP) is 8.11. The summed E-state index contributed by atoms with van der Waals surface area (Å²) < 4.78 is 15.5. The van der Waals surface area contributed by atoms with Crippen LogP contribution < -0.4 is 10.6 Å². The van der Waals surface area contributed by atoms with Gasteiger partial charge in [-0.1, -0.05) is 91.0 Å². The number of unbranched alkanes of at least 4 members (excludes halogenated alkanes) is 2. The van der Waals surface area contributed by atoms with Gasteiger partial charge in [0.2, 0.25) is 11.8 Å². The van der Waals surface area contributed by atoms with Crippen molar-refractivity contribution in [2.24, 2.45) is 0 Å². The summed E-state index contributed by atoms with van der Waals surface area (Å²) in [5.41, 5.74) is 6.99. The Labute approximate surface area is 301 Å². The largest absolute Gasteiger partial charge is 0.392 e. The lowest BCUT2D eigenvalue weighted by molar-refractivity contribution is -0.245. The third kappa shape index (κ3) is 10.0. The summed E-state index contributed by atoms with van der Waals surface area (Å²) in [5.74, 6) is 0.748. The molecule has 1 fully saturated rings. The van der Waals surface area contributed by atoms with Crippen LogP contribution in [0.1, 0.15) is 73.7 Å². The summed E-state index contributed by atoms with van der Waals surface area (Å²) in [4.78, 5) is 28.3. The maximum atomic E-state index is 12.5. The van der Waals surface area contributed by atoms with Crippen LogP contribution in [-0.4, -0.2) is 40.3 Å². The number of thiazole rings is 1. The first-order valence-electron chi connectivity index (χ1n) is 17.1. The highest BCUT2D eigenvalue weighted by molar-refractivity contribution is 8.01. The van der Waals surface area contributed by atoms with Crippen molar-refractivity contribution in [3.63, 3.8) is 0 Å². The van der Waals surface area contributed by atoms with Crippen LogP contribution in [0.3, 0.4) is 0 Å². The number of aliphatic hydroxyl groups is 1. The molecule has 50 heavy (non-hydrogen) atoms. The van der Waals surface area contributed by atoms with Crippen molar-refractivity contribution in [3.05, 3.63) is 119 Å². The molecule has 2 amide bonds. The number of ether oxygens (including phenoxy) is 2. The van der Waals surface area contributed by atoms with Crippen LogP contribution in [-0.2, 0) is 32.2 Å². The van der Waals surface area contributed by atoms with Crippen molar-refractivity contribution in [3.8, 4) is 11.1 Å². The van der Waals surface area contributed by atoms with E-state index in [1.54, 1.807) is 23.1 Å². The maximum Gasteiger partial charge on any atom is 0.220 e. The van der Waals surface area contributed by atoms with Crippen LogP contribution in [0.4, 0.5) is 0 Å². The van der Waals surface area contributed by atoms with Gasteiger partial charge in [-0.2, -0.15) is 0 Å². The van der Waals surface area contributed by atoms with E-state index in [4.69, 9.17) is 14.5 Å². The van der Waals surface area contributed by atoms with E-state index >= 15 is 0 Å². The summed E-state index contributed by atoms with van der Waals surface area (Å²) in [6.45, 7) is 2.62. The molecule has 0 aliphatic carbocycles. The number of amides is 2. The lowest BCUT2D eigenvalue weighted by atomic mass is 9.99. The Kier molecular flexibility index (Phi) is 12.7. The van der Waals surface area contributed by atoms with Gasteiger partial charge in [0.15, 0.2) is 10.6 Å². The Morgan fingerprint density at radius 2 is 1.66 bits per heavy atom. The van der Waals surface area contributed by atoms with Crippen LogP contribution in [0.5, 0.6) is 0 Å². The predicted molar refractivity (Wildman–Crippen MR) is 200 cm³/mol. The zero-order chi connectivity index (χ0) is 34.7. The molecule has 1 saturated heterocycles. The SMILES string of the molecule is CC(=O)NCCCCCC(=O)NCc1cccc(-c2cccc(C3OC(CSc4nc5ccccc5s4)CC(c4ccc(CO)cc4)O3)c2)c1. The van der Waals surface area contributed by atoms with Gasteiger partial charge in [0, 0.05) is 44.2 Å². The second-order valence-corrected chi connectivity index (χ2v) is 14.8. The summed E-state index contributed by atoms with van der Waals surface area (Å²) in [7, 11) is 0. The molecular weight excluding hydrogens is 667 g/mol. The van der Waals surface area contributed by atoms with Crippen LogP contribution in [0.25, 0.3) is 21.3 Å². The summed E-state index contributed by atoms with van der Waals surface area (Å²) in [6, 6.07) is 32.7. The second-order valence-electron chi connectivity index (χ2n) is 12.5. The van der Waals surface area contributed by atoms with Gasteiger partial charge in [0.25, 0.3) is 0 Å². The van der Waals surface area contributed by atoms with E-state index in [1.807, 2.05) is 66.7 Å². The number of hydrogen-bond acceptors (Lipinski definition) is 8. The molecule has 0 bridgehead atoms. The molecule has 2 heterocycles. The molecule has 3 atom stereocenters. The van der Waals surface area contributed by atoms with E-state index < -0.39 is 6.29 Å². The third-order valence-corrected chi connectivity index (χ3v) is 11.0. The Bertz CT molecular complexity index is 1850. The quantitative estimate of drug-likeness (QED) is 0.0745. The molecule has 3 N–H and O–H groups in total. The number of aromatic nitrogens is 1. The zero-order valence-electron chi connectivity index (χ0n) is 28.2. The fourth-order valence-corrected chi connectivity index (χ4v) is 8.08. The Balaban J connectivity index is 1.11. The van der Waals surface area contributed by atoms with Gasteiger partial charge in [-0.3, -0.25) is 9.59 Å². The Hall–Kier alpha value is -4.06. The van der Waals surface area contributed by atoms with Crippen molar-refractivity contribution in [2.75, 3.05) is 12.3 Å². The van der Waals surface area contributed by atoms with Crippen molar-refractivity contribution >= 4 is 45.1 Å². The standard InChI is InChI=1S/C40H43N3O5S2/c1-27(45)41-20-6-2-3-15-38(46)42-24-29-9-7-10-31(21-29)32-11-8-12-33(22-32)39-47-34(23-36(48-39)30-18-16-28(25-44)17-19-30)26-49-40-43-35-13-4-5-14-37(35)50-40/h4-5,7-14,16-19,21-22,34,36,39,44H,2-3,6,15,20,23-26H2,1H3,(H,41,45)(H,42,46). The maximum absolute atomic E-state index is 12.5. The average molecular weight is 710 g/mol. The number of carbonyl (C=O) groups is 2. The van der Waals surface area contributed by atoms with E-state index in [2.05, 4.69) is 41.0 Å². The number of carbonyl (C=O) groups excluding carboxylic acids is 2. The van der Waals surface area contributed by atoms with Crippen molar-refractivity contribution in [1.82, 2.24) is 15.6 Å². The third-order valence-electron chi connectivity index (χ3n) is 8.65. The molecule has 0 saturated carbocycles. The van der Waals surface area contributed by atoms with Crippen LogP contribution in [0.2, 0.25) is 0 Å². The molecule has 0 radical (unpaired) electrons. The number of hydrogen-bond donors (Lipinski definition) is 3. The molecular formula is C40H43N3O5S2. The molecule has 0 spiro atoms. The first kappa shape index (κ1) is 35.8. The number of benzene rings is 4. The number of fused-ring (bicyclic) bond motifs is 1. The number of rotatable bonds is 15. The Morgan fingerprint density at radius 3 is 2.46 bits per heavy atom. The highest BCUT2D eigenvalue weighted by Crippen LogP contribution is 2.41. The first-order chi connectivity index (χ1) is 24.4. The van der Waals surface area contributed by atoms with E-state index in [0.717, 1.165) is 68.3 Å². The van der Waals surface area contributed by atoms with Gasteiger partial charge >= 0.3 is 0 Å². The van der Waals surface area contributed by atoms with E-state index in [1.165, 1.54) is 11.6 Å². The van der Waals surface area contributed by atoms with E-state index in [-0.39, 0.29) is 30.6 Å². The normalized spacial score (nSPS) is 17.4. The fourth-order valence-electron chi connectivity index (χ4n) is 5.97. The minimum Gasteiger partial charge on any atom is -0.392 e. The lowest BCUT2D eigenvalue weighted by Gasteiger charge is -2.36. The van der Waals surface area contributed by atoms with Gasteiger partial charge in [-0.15, -0.1) is 11.3 Å². The van der Waals surface area contributed by atoms with Crippen molar-refractivity contribution < 1.29 is 24.2 Å². The highest BCUT2D eigenvalue weighted by Gasteiger charge is 2.32. The first-order valence-corrected chi connectivity index (χ1v) is 18.9. The zero-order valence-corrected chi connectivity index (χ0v) is 29.8. The summed E-state index contributed by atoms with van der Waals surface area (Å²) >= 11 is 3.42. The number of aliphatic hydroxyl groups excluding tert-OH is 1. The molecule has 8 nitrogen and oxygen atoms in total. The van der Waals surface area contributed by atoms with Gasteiger partial charge in [0.05, 0.1) is 29.0 Å². The topological polar surface area (TPSA) is 110 Å². The van der Waals surface area contributed by atoms with E-state index in [0.29, 0.717) is 25.9 Å². The number of nitrogens with zero attached hydrogens (tertiary/aromatic N) is 1. The van der Waals surface area contributed by atoms with Gasteiger partial charge in [0.1, 0.15) is 0 Å². The molecule has 1 aliphatic rings. The fraction of sp³-hybridized carbons (Fsp3) is 0.325. The van der Waals surface area contributed by atoms with Crippen LogP contribution in [0, 0.1) is 0 Å².